The second-order valence-electron chi connectivity index (χ2n) is 6.17. The molecule has 2 aromatic rings. The first-order valence-electron chi connectivity index (χ1n) is 8.17. The summed E-state index contributed by atoms with van der Waals surface area (Å²) < 4.78 is 7.20. The van der Waals surface area contributed by atoms with Crippen molar-refractivity contribution in [3.8, 4) is 0 Å². The first-order valence-corrected chi connectivity index (χ1v) is 8.17. The Morgan fingerprint density at radius 1 is 1.60 bits per heavy atom. The molecule has 4 N–H and O–H groups in total. The maximum atomic E-state index is 11.9. The van der Waals surface area contributed by atoms with E-state index in [1.807, 2.05) is 6.92 Å². The SMILES string of the molecule is C=C1[C@H](CO)[C@@H](OC(=O)CCC)C[C@@H]1n1cnc2c(=O)[nH]c(N)nc21. The van der Waals surface area contributed by atoms with Gasteiger partial charge in [0.25, 0.3) is 5.56 Å². The molecule has 0 radical (unpaired) electrons. The molecule has 0 bridgehead atoms. The maximum Gasteiger partial charge on any atom is 0.306 e. The summed E-state index contributed by atoms with van der Waals surface area (Å²) in [5.74, 6) is -0.677. The van der Waals surface area contributed by atoms with Crippen molar-refractivity contribution >= 4 is 23.1 Å². The highest BCUT2D eigenvalue weighted by molar-refractivity contribution is 5.71. The van der Waals surface area contributed by atoms with Gasteiger partial charge in [-0.1, -0.05) is 13.5 Å². The minimum absolute atomic E-state index is 0.00695. The van der Waals surface area contributed by atoms with Crippen molar-refractivity contribution in [2.75, 3.05) is 12.3 Å². The van der Waals surface area contributed by atoms with Crippen LogP contribution in [0.1, 0.15) is 32.2 Å². The van der Waals surface area contributed by atoms with Gasteiger partial charge in [0, 0.05) is 18.8 Å². The second kappa shape index (κ2) is 6.67. The monoisotopic (exact) mass is 347 g/mol. The number of ether oxygens (including phenoxy) is 1. The van der Waals surface area contributed by atoms with Crippen molar-refractivity contribution in [1.82, 2.24) is 19.5 Å². The number of H-pyrrole nitrogens is 1. The molecule has 0 unspecified atom stereocenters. The van der Waals surface area contributed by atoms with Crippen molar-refractivity contribution in [2.45, 2.75) is 38.3 Å². The molecule has 1 aliphatic rings. The Morgan fingerprint density at radius 3 is 3.04 bits per heavy atom. The van der Waals surface area contributed by atoms with E-state index in [0.29, 0.717) is 30.5 Å². The summed E-state index contributed by atoms with van der Waals surface area (Å²) in [7, 11) is 0. The number of fused-ring (bicyclic) bond motifs is 1. The Kier molecular flexibility index (Phi) is 4.58. The highest BCUT2D eigenvalue weighted by Crippen LogP contribution is 2.41. The largest absolute Gasteiger partial charge is 0.462 e. The van der Waals surface area contributed by atoms with Crippen LogP contribution in [0.5, 0.6) is 0 Å². The predicted octanol–water partition coefficient (Wildman–Crippen LogP) is 0.523. The van der Waals surface area contributed by atoms with Gasteiger partial charge in [-0.2, -0.15) is 4.98 Å². The van der Waals surface area contributed by atoms with Gasteiger partial charge in [-0.3, -0.25) is 14.6 Å². The molecule has 9 heteroatoms. The number of carbonyl (C=O) groups excluding carboxylic acids is 1. The Hall–Kier alpha value is -2.68. The average Bonchev–Trinajstić information content (AvgIpc) is 3.08. The predicted molar refractivity (Wildman–Crippen MR) is 90.7 cm³/mol. The fraction of sp³-hybridized carbons (Fsp3) is 0.500. The molecule has 1 fully saturated rings. The van der Waals surface area contributed by atoms with E-state index in [1.165, 1.54) is 6.33 Å². The number of imidazole rings is 1. The number of aromatic nitrogens is 4. The molecule has 0 amide bonds. The number of aromatic amines is 1. The lowest BCUT2D eigenvalue weighted by molar-refractivity contribution is -0.151. The molecule has 25 heavy (non-hydrogen) atoms. The van der Waals surface area contributed by atoms with E-state index in [0.717, 1.165) is 0 Å². The van der Waals surface area contributed by atoms with E-state index in [9.17, 15) is 14.7 Å². The van der Waals surface area contributed by atoms with E-state index < -0.39 is 11.7 Å². The number of anilines is 1. The Labute approximate surface area is 143 Å². The summed E-state index contributed by atoms with van der Waals surface area (Å²) in [5.41, 5.74) is 6.42. The zero-order valence-electron chi connectivity index (χ0n) is 13.9. The number of aliphatic hydroxyl groups is 1. The highest BCUT2D eigenvalue weighted by Gasteiger charge is 2.41. The standard InChI is InChI=1S/C16H21N5O4/c1-3-4-12(23)25-11-5-10(8(2)9(11)6-22)21-7-18-13-14(21)19-16(17)20-15(13)24/h7,9-11,22H,2-6H2,1H3,(H3,17,19,20,24)/t9-,10-,11-/m0/s1. The molecule has 0 aliphatic heterocycles. The quantitative estimate of drug-likeness (QED) is 0.530. The fourth-order valence-electron chi connectivity index (χ4n) is 3.28. The Bertz CT molecular complexity index is 871. The highest BCUT2D eigenvalue weighted by atomic mass is 16.5. The summed E-state index contributed by atoms with van der Waals surface area (Å²) in [5, 5.41) is 9.70. The number of aliphatic hydroxyl groups excluding tert-OH is 1. The third kappa shape index (κ3) is 3.02. The number of esters is 1. The molecule has 0 spiro atoms. The first-order chi connectivity index (χ1) is 12.0. The molecule has 3 atom stereocenters. The van der Waals surface area contributed by atoms with Crippen LogP contribution in [0.15, 0.2) is 23.3 Å². The second-order valence-corrected chi connectivity index (χ2v) is 6.17. The smallest absolute Gasteiger partial charge is 0.306 e. The molecule has 134 valence electrons. The van der Waals surface area contributed by atoms with Crippen molar-refractivity contribution < 1.29 is 14.6 Å². The molecule has 1 saturated carbocycles. The molecular weight excluding hydrogens is 326 g/mol. The molecule has 3 rings (SSSR count). The topological polar surface area (TPSA) is 136 Å². The molecule has 2 heterocycles. The maximum absolute atomic E-state index is 11.9. The fourth-order valence-corrected chi connectivity index (χ4v) is 3.28. The van der Waals surface area contributed by atoms with Gasteiger partial charge in [0.05, 0.1) is 19.0 Å². The van der Waals surface area contributed by atoms with Gasteiger partial charge < -0.3 is 20.1 Å². The van der Waals surface area contributed by atoms with Crippen LogP contribution in [0.25, 0.3) is 11.2 Å². The van der Waals surface area contributed by atoms with E-state index in [4.69, 9.17) is 10.5 Å². The third-order valence-corrected chi connectivity index (χ3v) is 4.53. The van der Waals surface area contributed by atoms with Crippen molar-refractivity contribution in [2.24, 2.45) is 5.92 Å². The van der Waals surface area contributed by atoms with Crippen LogP contribution in [-0.2, 0) is 9.53 Å². The van der Waals surface area contributed by atoms with Crippen molar-refractivity contribution in [3.63, 3.8) is 0 Å². The summed E-state index contributed by atoms with van der Waals surface area (Å²) >= 11 is 0. The minimum atomic E-state index is -0.474. The number of rotatable bonds is 5. The zero-order valence-corrected chi connectivity index (χ0v) is 13.9. The van der Waals surface area contributed by atoms with E-state index in [1.54, 1.807) is 4.57 Å². The molecule has 0 aromatic carbocycles. The Balaban J connectivity index is 1.94. The average molecular weight is 347 g/mol. The van der Waals surface area contributed by atoms with Crippen LogP contribution in [0.3, 0.4) is 0 Å². The first kappa shape index (κ1) is 17.2. The van der Waals surface area contributed by atoms with Crippen LogP contribution < -0.4 is 11.3 Å². The van der Waals surface area contributed by atoms with Gasteiger partial charge >= 0.3 is 5.97 Å². The van der Waals surface area contributed by atoms with Crippen LogP contribution >= 0.6 is 0 Å². The van der Waals surface area contributed by atoms with E-state index >= 15 is 0 Å². The number of nitrogens with zero attached hydrogens (tertiary/aromatic N) is 3. The van der Waals surface area contributed by atoms with Gasteiger partial charge in [0.1, 0.15) is 6.10 Å². The third-order valence-electron chi connectivity index (χ3n) is 4.53. The number of nitrogens with two attached hydrogens (primary N) is 1. The Morgan fingerprint density at radius 2 is 2.36 bits per heavy atom. The summed E-state index contributed by atoms with van der Waals surface area (Å²) in [6.07, 6.45) is 2.47. The number of carbonyl (C=O) groups is 1. The van der Waals surface area contributed by atoms with Crippen LogP contribution in [-0.4, -0.2) is 43.3 Å². The van der Waals surface area contributed by atoms with Gasteiger partial charge in [0.2, 0.25) is 5.95 Å². The van der Waals surface area contributed by atoms with E-state index in [2.05, 4.69) is 21.5 Å². The van der Waals surface area contributed by atoms with Gasteiger partial charge in [-0.25, -0.2) is 4.98 Å². The molecule has 9 nitrogen and oxygen atoms in total. The van der Waals surface area contributed by atoms with Gasteiger partial charge in [-0.15, -0.1) is 0 Å². The molecule has 2 aromatic heterocycles. The van der Waals surface area contributed by atoms with Crippen molar-refractivity contribution in [3.05, 3.63) is 28.8 Å². The summed E-state index contributed by atoms with van der Waals surface area (Å²) in [4.78, 5) is 34.4. The summed E-state index contributed by atoms with van der Waals surface area (Å²) in [6.45, 7) is 5.77. The van der Waals surface area contributed by atoms with Gasteiger partial charge in [0.15, 0.2) is 11.2 Å². The minimum Gasteiger partial charge on any atom is -0.462 e. The molecule has 1 aliphatic carbocycles. The molecular formula is C16H21N5O4. The number of hydrogen-bond donors (Lipinski definition) is 3. The van der Waals surface area contributed by atoms with Gasteiger partial charge in [-0.05, 0) is 12.0 Å². The zero-order chi connectivity index (χ0) is 18.1. The van der Waals surface area contributed by atoms with E-state index in [-0.39, 0.29) is 36.0 Å². The van der Waals surface area contributed by atoms with Crippen LogP contribution in [0, 0.1) is 5.92 Å². The van der Waals surface area contributed by atoms with Crippen molar-refractivity contribution in [1.29, 1.82) is 0 Å². The van der Waals surface area contributed by atoms with Crippen LogP contribution in [0.4, 0.5) is 5.95 Å². The summed E-state index contributed by atoms with van der Waals surface area (Å²) in [6, 6.07) is -0.296. The molecule has 0 saturated heterocycles. The lowest BCUT2D eigenvalue weighted by Gasteiger charge is -2.18. The normalized spacial score (nSPS) is 23.3. The lowest BCUT2D eigenvalue weighted by Crippen LogP contribution is -2.25. The lowest BCUT2D eigenvalue weighted by atomic mass is 10.0. The van der Waals surface area contributed by atoms with Crippen LogP contribution in [0.2, 0.25) is 0 Å². The number of nitrogens with one attached hydrogen (secondary N) is 1. The number of hydrogen-bond acceptors (Lipinski definition) is 7. The number of nitrogen functional groups attached to an aromatic ring is 1.